The summed E-state index contributed by atoms with van der Waals surface area (Å²) in [5.41, 5.74) is 4.53. The normalized spacial score (nSPS) is 17.2. The molecule has 0 N–H and O–H groups in total. The topological polar surface area (TPSA) is 53.3 Å². The third-order valence-corrected chi connectivity index (χ3v) is 4.58. The zero-order valence-corrected chi connectivity index (χ0v) is 16.4. The molecule has 1 aliphatic rings. The van der Waals surface area contributed by atoms with E-state index in [1.165, 1.54) is 12.7 Å². The molecule has 0 saturated heterocycles. The Morgan fingerprint density at radius 2 is 1.96 bits per heavy atom. The van der Waals surface area contributed by atoms with Crippen LogP contribution >= 0.6 is 0 Å². The summed E-state index contributed by atoms with van der Waals surface area (Å²) in [6.07, 6.45) is 6.64. The third-order valence-electron chi connectivity index (χ3n) is 4.58. The summed E-state index contributed by atoms with van der Waals surface area (Å²) in [5.74, 6) is -0.139. The van der Waals surface area contributed by atoms with Crippen LogP contribution in [-0.2, 0) is 9.53 Å². The van der Waals surface area contributed by atoms with Crippen LogP contribution in [0.4, 0.5) is 0 Å². The Kier molecular flexibility index (Phi) is 6.63. The number of ether oxygens (including phenoxy) is 1. The SMILES string of the molecule is CCCC1=C(C(=O)OC)C(c2ccc(C)cc2)C=C(CC(C)C)N1C#N. The summed E-state index contributed by atoms with van der Waals surface area (Å²) in [7, 11) is 1.40. The molecule has 0 saturated carbocycles. The van der Waals surface area contributed by atoms with Crippen LogP contribution in [0.3, 0.4) is 0 Å². The first kappa shape index (κ1) is 19.8. The smallest absolute Gasteiger partial charge is 0.336 e. The Bertz CT molecular complexity index is 751. The summed E-state index contributed by atoms with van der Waals surface area (Å²) in [6.45, 7) is 8.37. The van der Waals surface area contributed by atoms with Gasteiger partial charge in [-0.05, 0) is 31.2 Å². The van der Waals surface area contributed by atoms with E-state index < -0.39 is 0 Å². The van der Waals surface area contributed by atoms with Crippen LogP contribution in [-0.4, -0.2) is 18.0 Å². The highest BCUT2D eigenvalue weighted by Gasteiger charge is 2.34. The lowest BCUT2D eigenvalue weighted by Crippen LogP contribution is -2.29. The Hall–Kier alpha value is -2.54. The monoisotopic (exact) mass is 352 g/mol. The molecule has 0 radical (unpaired) electrons. The highest BCUT2D eigenvalue weighted by Crippen LogP contribution is 2.40. The van der Waals surface area contributed by atoms with E-state index in [9.17, 15) is 10.1 Å². The average molecular weight is 352 g/mol. The predicted octanol–water partition coefficient (Wildman–Crippen LogP) is 5.03. The lowest BCUT2D eigenvalue weighted by Gasteiger charge is -2.33. The molecule has 1 atom stereocenters. The fourth-order valence-corrected chi connectivity index (χ4v) is 3.40. The van der Waals surface area contributed by atoms with E-state index in [2.05, 4.69) is 57.3 Å². The number of hydrogen-bond acceptors (Lipinski definition) is 4. The Balaban J connectivity index is 2.66. The Morgan fingerprint density at radius 1 is 1.31 bits per heavy atom. The first-order valence-electron chi connectivity index (χ1n) is 9.21. The van der Waals surface area contributed by atoms with E-state index in [1.54, 1.807) is 4.90 Å². The van der Waals surface area contributed by atoms with E-state index in [0.29, 0.717) is 17.9 Å². The minimum Gasteiger partial charge on any atom is -0.466 e. The van der Waals surface area contributed by atoms with Crippen molar-refractivity contribution in [3.8, 4) is 6.19 Å². The van der Waals surface area contributed by atoms with Crippen molar-refractivity contribution in [1.82, 2.24) is 4.90 Å². The minimum absolute atomic E-state index is 0.192. The number of benzene rings is 1. The summed E-state index contributed by atoms with van der Waals surface area (Å²) in [4.78, 5) is 14.3. The second-order valence-electron chi connectivity index (χ2n) is 7.18. The second-order valence-corrected chi connectivity index (χ2v) is 7.18. The molecule has 138 valence electrons. The van der Waals surface area contributed by atoms with Gasteiger partial charge in [0.25, 0.3) is 0 Å². The first-order chi connectivity index (χ1) is 12.4. The van der Waals surface area contributed by atoms with Crippen LogP contribution in [0, 0.1) is 24.3 Å². The summed E-state index contributed by atoms with van der Waals surface area (Å²) >= 11 is 0. The van der Waals surface area contributed by atoms with Crippen molar-refractivity contribution in [1.29, 1.82) is 5.26 Å². The van der Waals surface area contributed by atoms with Gasteiger partial charge in [0.1, 0.15) is 0 Å². The maximum absolute atomic E-state index is 12.6. The Labute approximate surface area is 156 Å². The van der Waals surface area contributed by atoms with Gasteiger partial charge in [-0.15, -0.1) is 0 Å². The van der Waals surface area contributed by atoms with Gasteiger partial charge in [-0.25, -0.2) is 4.79 Å². The van der Waals surface area contributed by atoms with Gasteiger partial charge in [0, 0.05) is 17.3 Å². The molecule has 0 amide bonds. The van der Waals surface area contributed by atoms with Gasteiger partial charge in [0.2, 0.25) is 0 Å². The van der Waals surface area contributed by atoms with Crippen LogP contribution in [0.1, 0.15) is 57.1 Å². The summed E-state index contributed by atoms with van der Waals surface area (Å²) in [6, 6.07) is 8.21. The molecule has 1 aromatic carbocycles. The van der Waals surface area contributed by atoms with Gasteiger partial charge in [0.05, 0.1) is 12.7 Å². The van der Waals surface area contributed by atoms with Crippen LogP contribution in [0.25, 0.3) is 0 Å². The van der Waals surface area contributed by atoms with E-state index in [0.717, 1.165) is 29.8 Å². The lowest BCUT2D eigenvalue weighted by atomic mass is 9.83. The predicted molar refractivity (Wildman–Crippen MR) is 103 cm³/mol. The molecule has 0 aliphatic carbocycles. The number of esters is 1. The number of carbonyl (C=O) groups excluding carboxylic acids is 1. The third kappa shape index (κ3) is 4.16. The largest absolute Gasteiger partial charge is 0.466 e. The van der Waals surface area contributed by atoms with Crippen molar-refractivity contribution in [2.45, 2.75) is 52.9 Å². The van der Waals surface area contributed by atoms with Crippen LogP contribution in [0.5, 0.6) is 0 Å². The zero-order valence-electron chi connectivity index (χ0n) is 16.4. The molecule has 2 rings (SSSR count). The van der Waals surface area contributed by atoms with Gasteiger partial charge in [-0.2, -0.15) is 5.26 Å². The number of nitrogens with zero attached hydrogens (tertiary/aromatic N) is 2. The van der Waals surface area contributed by atoms with E-state index in [4.69, 9.17) is 4.74 Å². The molecular weight excluding hydrogens is 324 g/mol. The van der Waals surface area contributed by atoms with Crippen LogP contribution < -0.4 is 0 Å². The molecule has 0 bridgehead atoms. The molecule has 4 heteroatoms. The van der Waals surface area contributed by atoms with Crippen LogP contribution in [0.2, 0.25) is 0 Å². The van der Waals surface area contributed by atoms with Gasteiger partial charge in [-0.1, -0.05) is 63.1 Å². The molecule has 1 heterocycles. The van der Waals surface area contributed by atoms with Crippen molar-refractivity contribution in [3.05, 3.63) is 58.4 Å². The standard InChI is InChI=1S/C22H28N2O2/c1-6-7-20-21(22(25)26-5)19(17-10-8-16(4)9-11-17)13-18(12-15(2)3)24(20)14-23/h8-11,13,15,19H,6-7,12H2,1-5H3. The number of nitriles is 1. The number of aryl methyl sites for hydroxylation is 1. The molecule has 4 nitrogen and oxygen atoms in total. The molecule has 1 aromatic rings. The van der Waals surface area contributed by atoms with Gasteiger partial charge >= 0.3 is 5.97 Å². The fraction of sp³-hybridized carbons (Fsp3) is 0.455. The molecular formula is C22H28N2O2. The van der Waals surface area contributed by atoms with E-state index in [-0.39, 0.29) is 11.9 Å². The molecule has 0 spiro atoms. The molecule has 0 aromatic heterocycles. The number of allylic oxidation sites excluding steroid dienone is 3. The molecule has 1 aliphatic heterocycles. The van der Waals surface area contributed by atoms with Crippen molar-refractivity contribution in [2.24, 2.45) is 5.92 Å². The van der Waals surface area contributed by atoms with Gasteiger partial charge in [-0.3, -0.25) is 4.90 Å². The summed E-state index contributed by atoms with van der Waals surface area (Å²) < 4.78 is 5.09. The number of hydrogen-bond donors (Lipinski definition) is 0. The number of carbonyl (C=O) groups is 1. The fourth-order valence-electron chi connectivity index (χ4n) is 3.40. The van der Waals surface area contributed by atoms with Crippen molar-refractivity contribution >= 4 is 5.97 Å². The van der Waals surface area contributed by atoms with Crippen LogP contribution in [0.15, 0.2) is 47.3 Å². The van der Waals surface area contributed by atoms with Gasteiger partial charge < -0.3 is 4.74 Å². The van der Waals surface area contributed by atoms with Crippen molar-refractivity contribution in [2.75, 3.05) is 7.11 Å². The lowest BCUT2D eigenvalue weighted by molar-refractivity contribution is -0.136. The van der Waals surface area contributed by atoms with E-state index >= 15 is 0 Å². The minimum atomic E-state index is -0.362. The summed E-state index contributed by atoms with van der Waals surface area (Å²) in [5, 5.41) is 9.79. The quantitative estimate of drug-likeness (QED) is 0.532. The van der Waals surface area contributed by atoms with E-state index in [1.807, 2.05) is 6.92 Å². The molecule has 0 fully saturated rings. The maximum Gasteiger partial charge on any atom is 0.336 e. The first-order valence-corrected chi connectivity index (χ1v) is 9.21. The highest BCUT2D eigenvalue weighted by molar-refractivity contribution is 5.92. The van der Waals surface area contributed by atoms with Crippen molar-refractivity contribution in [3.63, 3.8) is 0 Å². The molecule has 1 unspecified atom stereocenters. The number of rotatable bonds is 6. The molecule has 26 heavy (non-hydrogen) atoms. The average Bonchev–Trinajstić information content (AvgIpc) is 2.61. The highest BCUT2D eigenvalue weighted by atomic mass is 16.5. The van der Waals surface area contributed by atoms with Crippen molar-refractivity contribution < 1.29 is 9.53 Å². The Morgan fingerprint density at radius 3 is 2.46 bits per heavy atom. The maximum atomic E-state index is 12.6. The number of methoxy groups -OCH3 is 1. The van der Waals surface area contributed by atoms with Gasteiger partial charge in [0.15, 0.2) is 6.19 Å². The zero-order chi connectivity index (χ0) is 19.3. The second kappa shape index (κ2) is 8.71.